The summed E-state index contributed by atoms with van der Waals surface area (Å²) in [6.45, 7) is 4.47. The Bertz CT molecular complexity index is 1150. The molecule has 0 atom stereocenters. The van der Waals surface area contributed by atoms with Gasteiger partial charge in [0.05, 0.1) is 28.2 Å². The number of thiophene rings is 2. The predicted molar refractivity (Wildman–Crippen MR) is 131 cm³/mol. The third-order valence-corrected chi connectivity index (χ3v) is 7.66. The van der Waals surface area contributed by atoms with Crippen LogP contribution in [0.15, 0.2) is 22.7 Å². The van der Waals surface area contributed by atoms with E-state index in [0.29, 0.717) is 20.6 Å². The van der Waals surface area contributed by atoms with E-state index < -0.39 is 5.97 Å². The Hall–Kier alpha value is -2.70. The minimum Gasteiger partial charge on any atom is -0.465 e. The zero-order valence-corrected chi connectivity index (χ0v) is 21.4. The summed E-state index contributed by atoms with van der Waals surface area (Å²) in [6, 6.07) is 3.95. The largest absolute Gasteiger partial charge is 0.465 e. The van der Waals surface area contributed by atoms with E-state index >= 15 is 0 Å². The normalized spacial score (nSPS) is 10.8. The predicted octanol–water partition coefficient (Wildman–Crippen LogP) is 4.01. The summed E-state index contributed by atoms with van der Waals surface area (Å²) < 4.78 is 6.88. The fourth-order valence-electron chi connectivity index (χ4n) is 3.06. The summed E-state index contributed by atoms with van der Waals surface area (Å²) in [7, 11) is 4.52. The summed E-state index contributed by atoms with van der Waals surface area (Å²) in [6.07, 6.45) is 0.899. The highest BCUT2D eigenvalue weighted by Gasteiger charge is 2.27. The number of ether oxygens (including phenoxy) is 1. The van der Waals surface area contributed by atoms with Crippen LogP contribution in [0, 0.1) is 6.92 Å². The lowest BCUT2D eigenvalue weighted by atomic mass is 10.1. The van der Waals surface area contributed by atoms with Gasteiger partial charge in [0.15, 0.2) is 11.0 Å². The average molecular weight is 508 g/mol. The molecule has 0 aliphatic rings. The molecule has 3 aromatic heterocycles. The number of thioether (sulfide) groups is 1. The van der Waals surface area contributed by atoms with E-state index in [1.807, 2.05) is 22.1 Å². The van der Waals surface area contributed by atoms with Crippen molar-refractivity contribution in [3.05, 3.63) is 33.5 Å². The van der Waals surface area contributed by atoms with Gasteiger partial charge in [-0.2, -0.15) is 0 Å². The lowest BCUT2D eigenvalue weighted by Crippen LogP contribution is -2.21. The van der Waals surface area contributed by atoms with E-state index in [1.54, 1.807) is 32.4 Å². The van der Waals surface area contributed by atoms with Crippen molar-refractivity contribution >= 4 is 57.2 Å². The number of hydrogen-bond acceptors (Lipinski definition) is 9. The summed E-state index contributed by atoms with van der Waals surface area (Å²) in [5.74, 6) is -0.317. The number of carbonyl (C=O) groups is 3. The molecule has 0 aliphatic carbocycles. The van der Waals surface area contributed by atoms with Crippen molar-refractivity contribution in [1.29, 1.82) is 0 Å². The van der Waals surface area contributed by atoms with Crippen LogP contribution in [0.1, 0.15) is 38.9 Å². The number of methoxy groups -OCH3 is 1. The van der Waals surface area contributed by atoms with E-state index in [2.05, 4.69) is 22.4 Å². The number of hydrogen-bond donors (Lipinski definition) is 1. The van der Waals surface area contributed by atoms with Gasteiger partial charge in [-0.05, 0) is 30.4 Å². The summed E-state index contributed by atoms with van der Waals surface area (Å²) in [5, 5.41) is 14.3. The Kier molecular flexibility index (Phi) is 8.27. The van der Waals surface area contributed by atoms with Crippen molar-refractivity contribution in [1.82, 2.24) is 19.7 Å². The second kappa shape index (κ2) is 10.9. The SMILES string of the molecule is CCCn1c(SCC(=O)Nc2sc(C(=O)N(C)C)c(C)c2C(=O)OC)nnc1-c1cccs1. The molecule has 0 saturated heterocycles. The van der Waals surface area contributed by atoms with Gasteiger partial charge in [0.25, 0.3) is 5.91 Å². The molecular weight excluding hydrogens is 482 g/mol. The number of anilines is 1. The van der Waals surface area contributed by atoms with E-state index in [4.69, 9.17) is 4.74 Å². The van der Waals surface area contributed by atoms with E-state index in [0.717, 1.165) is 35.0 Å². The topological polar surface area (TPSA) is 106 Å². The number of rotatable bonds is 9. The van der Waals surface area contributed by atoms with Crippen LogP contribution in [0.25, 0.3) is 10.7 Å². The number of nitrogens with one attached hydrogen (secondary N) is 1. The van der Waals surface area contributed by atoms with Gasteiger partial charge >= 0.3 is 5.97 Å². The van der Waals surface area contributed by atoms with Gasteiger partial charge in [0.1, 0.15) is 5.00 Å². The van der Waals surface area contributed by atoms with Gasteiger partial charge in [0, 0.05) is 20.6 Å². The molecule has 0 unspecified atom stereocenters. The monoisotopic (exact) mass is 507 g/mol. The van der Waals surface area contributed by atoms with Gasteiger partial charge in [0.2, 0.25) is 5.91 Å². The highest BCUT2D eigenvalue weighted by molar-refractivity contribution is 7.99. The zero-order chi connectivity index (χ0) is 24.1. The molecule has 1 N–H and O–H groups in total. The minimum atomic E-state index is -0.604. The van der Waals surface area contributed by atoms with Gasteiger partial charge in [-0.15, -0.1) is 32.9 Å². The molecule has 3 heterocycles. The van der Waals surface area contributed by atoms with Crippen LogP contribution in [-0.4, -0.2) is 64.4 Å². The third-order valence-electron chi connectivity index (χ3n) is 4.63. The highest BCUT2D eigenvalue weighted by atomic mass is 32.2. The minimum absolute atomic E-state index is 0.0702. The molecule has 0 radical (unpaired) electrons. The molecule has 176 valence electrons. The van der Waals surface area contributed by atoms with Crippen molar-refractivity contribution in [2.24, 2.45) is 0 Å². The number of carbonyl (C=O) groups excluding carboxylic acids is 3. The second-order valence-electron chi connectivity index (χ2n) is 7.22. The lowest BCUT2D eigenvalue weighted by Gasteiger charge is -2.08. The lowest BCUT2D eigenvalue weighted by molar-refractivity contribution is -0.113. The maximum absolute atomic E-state index is 12.7. The number of nitrogens with zero attached hydrogens (tertiary/aromatic N) is 4. The molecule has 0 fully saturated rings. The molecule has 0 bridgehead atoms. The van der Waals surface area contributed by atoms with Crippen LogP contribution in [-0.2, 0) is 16.1 Å². The number of esters is 1. The maximum Gasteiger partial charge on any atom is 0.341 e. The molecule has 2 amide bonds. The van der Waals surface area contributed by atoms with Crippen LogP contribution < -0.4 is 5.32 Å². The zero-order valence-electron chi connectivity index (χ0n) is 19.0. The van der Waals surface area contributed by atoms with Crippen LogP contribution in [0.4, 0.5) is 5.00 Å². The fraction of sp³-hybridized carbons (Fsp3) is 0.381. The number of amides is 2. The van der Waals surface area contributed by atoms with E-state index in [9.17, 15) is 14.4 Å². The van der Waals surface area contributed by atoms with Crippen molar-refractivity contribution < 1.29 is 19.1 Å². The quantitative estimate of drug-likeness (QED) is 0.345. The van der Waals surface area contributed by atoms with Crippen molar-refractivity contribution in [3.63, 3.8) is 0 Å². The molecule has 33 heavy (non-hydrogen) atoms. The van der Waals surface area contributed by atoms with Crippen LogP contribution in [0.5, 0.6) is 0 Å². The summed E-state index contributed by atoms with van der Waals surface area (Å²) in [4.78, 5) is 40.4. The standard InChI is InChI=1S/C21H25N5O4S3/c1-6-9-26-17(13-8-7-10-31-13)23-24-21(26)32-11-14(27)22-18-15(20(29)30-5)12(2)16(33-18)19(28)25(3)4/h7-8,10H,6,9,11H2,1-5H3,(H,22,27). The molecule has 0 saturated carbocycles. The Labute approximate surface area is 204 Å². The molecule has 0 spiro atoms. The molecule has 3 rings (SSSR count). The molecule has 0 aromatic carbocycles. The first-order chi connectivity index (χ1) is 15.8. The van der Waals surface area contributed by atoms with Crippen LogP contribution in [0.3, 0.4) is 0 Å². The molecule has 3 aromatic rings. The first kappa shape index (κ1) is 24.9. The maximum atomic E-state index is 12.7. The van der Waals surface area contributed by atoms with Crippen molar-refractivity contribution in [3.8, 4) is 10.7 Å². The van der Waals surface area contributed by atoms with Crippen LogP contribution >= 0.6 is 34.4 Å². The van der Waals surface area contributed by atoms with Crippen LogP contribution in [0.2, 0.25) is 0 Å². The Morgan fingerprint density at radius 1 is 1.27 bits per heavy atom. The average Bonchev–Trinajstić information content (AvgIpc) is 3.51. The van der Waals surface area contributed by atoms with Gasteiger partial charge in [-0.3, -0.25) is 9.59 Å². The summed E-state index contributed by atoms with van der Waals surface area (Å²) in [5.41, 5.74) is 0.678. The van der Waals surface area contributed by atoms with Crippen molar-refractivity contribution in [2.45, 2.75) is 32.0 Å². The van der Waals surface area contributed by atoms with Gasteiger partial charge < -0.3 is 19.5 Å². The molecule has 0 aliphatic heterocycles. The van der Waals surface area contributed by atoms with E-state index in [-0.39, 0.29) is 23.1 Å². The Morgan fingerprint density at radius 2 is 2.03 bits per heavy atom. The van der Waals surface area contributed by atoms with Gasteiger partial charge in [-0.25, -0.2) is 4.79 Å². The molecule has 12 heteroatoms. The first-order valence-corrected chi connectivity index (χ1v) is 12.8. The molecular formula is C21H25N5O4S3. The van der Waals surface area contributed by atoms with E-state index in [1.165, 1.54) is 23.8 Å². The Morgan fingerprint density at radius 3 is 2.64 bits per heavy atom. The highest BCUT2D eigenvalue weighted by Crippen LogP contribution is 2.35. The third kappa shape index (κ3) is 5.45. The van der Waals surface area contributed by atoms with Gasteiger partial charge in [-0.1, -0.05) is 24.8 Å². The fourth-order valence-corrected chi connectivity index (χ4v) is 5.77. The second-order valence-corrected chi connectivity index (χ2v) is 10.1. The summed E-state index contributed by atoms with van der Waals surface area (Å²) >= 11 is 3.92. The Balaban J connectivity index is 1.78. The van der Waals surface area contributed by atoms with Crippen molar-refractivity contribution in [2.75, 3.05) is 32.3 Å². The number of aromatic nitrogens is 3. The first-order valence-electron chi connectivity index (χ1n) is 10.1. The smallest absolute Gasteiger partial charge is 0.341 e. The molecule has 9 nitrogen and oxygen atoms in total.